The molecule has 0 radical (unpaired) electrons. The highest BCUT2D eigenvalue weighted by Crippen LogP contribution is 2.10. The zero-order chi connectivity index (χ0) is 10.6. The standard InChI is InChI=1S/C11H13NO2/c1-8(13)6-9-4-2-3-5-10(9)7-11(12)14/h2-5H,6-7H2,1H3,(H2,12,14). The molecule has 0 aliphatic carbocycles. The molecule has 74 valence electrons. The number of amides is 1. The van der Waals surface area contributed by atoms with Crippen molar-refractivity contribution in [1.29, 1.82) is 0 Å². The molecular formula is C11H13NO2. The van der Waals surface area contributed by atoms with Gasteiger partial charge in [0.15, 0.2) is 0 Å². The van der Waals surface area contributed by atoms with E-state index < -0.39 is 0 Å². The van der Waals surface area contributed by atoms with Crippen LogP contribution in [-0.2, 0) is 22.4 Å². The van der Waals surface area contributed by atoms with E-state index in [0.29, 0.717) is 6.42 Å². The fourth-order valence-corrected chi connectivity index (χ4v) is 1.36. The first-order chi connectivity index (χ1) is 6.59. The number of hydrogen-bond acceptors (Lipinski definition) is 2. The highest BCUT2D eigenvalue weighted by Gasteiger charge is 2.06. The molecule has 0 unspecified atom stereocenters. The Hall–Kier alpha value is -1.64. The van der Waals surface area contributed by atoms with Gasteiger partial charge in [-0.25, -0.2) is 0 Å². The van der Waals surface area contributed by atoms with Crippen LogP contribution in [0.4, 0.5) is 0 Å². The molecule has 3 heteroatoms. The Morgan fingerprint density at radius 2 is 1.64 bits per heavy atom. The van der Waals surface area contributed by atoms with E-state index in [2.05, 4.69) is 0 Å². The summed E-state index contributed by atoms with van der Waals surface area (Å²) in [6, 6.07) is 7.35. The van der Waals surface area contributed by atoms with Crippen molar-refractivity contribution in [3.05, 3.63) is 35.4 Å². The molecule has 1 rings (SSSR count). The lowest BCUT2D eigenvalue weighted by Crippen LogP contribution is -2.15. The summed E-state index contributed by atoms with van der Waals surface area (Å²) in [5, 5.41) is 0. The van der Waals surface area contributed by atoms with E-state index in [1.807, 2.05) is 24.3 Å². The summed E-state index contributed by atoms with van der Waals surface area (Å²) in [7, 11) is 0. The zero-order valence-corrected chi connectivity index (χ0v) is 8.12. The summed E-state index contributed by atoms with van der Waals surface area (Å²) in [6.07, 6.45) is 0.562. The van der Waals surface area contributed by atoms with Crippen molar-refractivity contribution in [2.75, 3.05) is 0 Å². The smallest absolute Gasteiger partial charge is 0.221 e. The second-order valence-corrected chi connectivity index (χ2v) is 3.29. The molecule has 0 saturated heterocycles. The fraction of sp³-hybridized carbons (Fsp3) is 0.273. The van der Waals surface area contributed by atoms with Crippen LogP contribution in [0.15, 0.2) is 24.3 Å². The minimum absolute atomic E-state index is 0.0851. The van der Waals surface area contributed by atoms with Crippen LogP contribution in [0.5, 0.6) is 0 Å². The van der Waals surface area contributed by atoms with Crippen LogP contribution in [-0.4, -0.2) is 11.7 Å². The Kier molecular flexibility index (Phi) is 3.40. The van der Waals surface area contributed by atoms with Gasteiger partial charge in [0.05, 0.1) is 6.42 Å². The van der Waals surface area contributed by atoms with Gasteiger partial charge in [-0.2, -0.15) is 0 Å². The molecule has 0 fully saturated rings. The quantitative estimate of drug-likeness (QED) is 0.766. The van der Waals surface area contributed by atoms with Gasteiger partial charge < -0.3 is 5.73 Å². The maximum atomic E-state index is 10.9. The largest absolute Gasteiger partial charge is 0.369 e. The van der Waals surface area contributed by atoms with E-state index in [0.717, 1.165) is 11.1 Å². The van der Waals surface area contributed by atoms with Crippen molar-refractivity contribution in [2.24, 2.45) is 5.73 Å². The molecule has 1 amide bonds. The zero-order valence-electron chi connectivity index (χ0n) is 8.12. The molecule has 1 aromatic rings. The van der Waals surface area contributed by atoms with Gasteiger partial charge in [-0.3, -0.25) is 9.59 Å². The molecule has 0 aliphatic rings. The first-order valence-electron chi connectivity index (χ1n) is 4.44. The van der Waals surface area contributed by atoms with Crippen LogP contribution >= 0.6 is 0 Å². The Labute approximate surface area is 82.9 Å². The lowest BCUT2D eigenvalue weighted by Gasteiger charge is -2.05. The first-order valence-corrected chi connectivity index (χ1v) is 4.44. The molecule has 1 aromatic carbocycles. The van der Waals surface area contributed by atoms with Gasteiger partial charge in [-0.05, 0) is 18.1 Å². The summed E-state index contributed by atoms with van der Waals surface area (Å²) < 4.78 is 0. The van der Waals surface area contributed by atoms with E-state index >= 15 is 0 Å². The maximum absolute atomic E-state index is 10.9. The molecule has 0 heterocycles. The number of hydrogen-bond donors (Lipinski definition) is 1. The van der Waals surface area contributed by atoms with Gasteiger partial charge in [0.25, 0.3) is 0 Å². The topological polar surface area (TPSA) is 60.2 Å². The second kappa shape index (κ2) is 4.56. The van der Waals surface area contributed by atoms with Crippen LogP contribution in [0.3, 0.4) is 0 Å². The lowest BCUT2D eigenvalue weighted by atomic mass is 10.0. The monoisotopic (exact) mass is 191 g/mol. The summed E-state index contributed by atoms with van der Waals surface area (Å²) in [5.74, 6) is -0.289. The summed E-state index contributed by atoms with van der Waals surface area (Å²) in [4.78, 5) is 21.7. The number of Topliss-reactive ketones (excluding diaryl/α,β-unsaturated/α-hetero) is 1. The van der Waals surface area contributed by atoms with E-state index in [1.165, 1.54) is 6.92 Å². The molecule has 0 aliphatic heterocycles. The highest BCUT2D eigenvalue weighted by atomic mass is 16.1. The molecule has 0 spiro atoms. The van der Waals surface area contributed by atoms with Crippen LogP contribution in [0.25, 0.3) is 0 Å². The number of benzene rings is 1. The summed E-state index contributed by atoms with van der Waals surface area (Å²) >= 11 is 0. The molecule has 14 heavy (non-hydrogen) atoms. The van der Waals surface area contributed by atoms with Gasteiger partial charge in [0, 0.05) is 6.42 Å². The second-order valence-electron chi connectivity index (χ2n) is 3.29. The number of rotatable bonds is 4. The van der Waals surface area contributed by atoms with Crippen molar-refractivity contribution in [3.63, 3.8) is 0 Å². The number of carbonyl (C=O) groups is 2. The number of ketones is 1. The molecule has 0 atom stereocenters. The van der Waals surface area contributed by atoms with E-state index in [1.54, 1.807) is 0 Å². The summed E-state index contributed by atoms with van der Waals surface area (Å²) in [5.41, 5.74) is 6.83. The minimum atomic E-state index is -0.374. The van der Waals surface area contributed by atoms with Gasteiger partial charge in [0.2, 0.25) is 5.91 Å². The van der Waals surface area contributed by atoms with Gasteiger partial charge >= 0.3 is 0 Å². The third-order valence-electron chi connectivity index (χ3n) is 1.92. The molecule has 0 aromatic heterocycles. The maximum Gasteiger partial charge on any atom is 0.221 e. The molecular weight excluding hydrogens is 178 g/mol. The van der Waals surface area contributed by atoms with Crippen molar-refractivity contribution < 1.29 is 9.59 Å². The molecule has 3 nitrogen and oxygen atoms in total. The average molecular weight is 191 g/mol. The SMILES string of the molecule is CC(=O)Cc1ccccc1CC(N)=O. The Balaban J connectivity index is 2.90. The van der Waals surface area contributed by atoms with Gasteiger partial charge in [0.1, 0.15) is 5.78 Å². The van der Waals surface area contributed by atoms with Crippen molar-refractivity contribution in [1.82, 2.24) is 0 Å². The van der Waals surface area contributed by atoms with Crippen LogP contribution < -0.4 is 5.73 Å². The van der Waals surface area contributed by atoms with Crippen LogP contribution in [0.1, 0.15) is 18.1 Å². The predicted octanol–water partition coefficient (Wildman–Crippen LogP) is 0.846. The Bertz CT molecular complexity index is 323. The van der Waals surface area contributed by atoms with E-state index in [4.69, 9.17) is 5.73 Å². The van der Waals surface area contributed by atoms with Gasteiger partial charge in [-0.15, -0.1) is 0 Å². The van der Waals surface area contributed by atoms with E-state index in [9.17, 15) is 9.59 Å². The highest BCUT2D eigenvalue weighted by molar-refractivity contribution is 5.80. The third-order valence-corrected chi connectivity index (χ3v) is 1.92. The minimum Gasteiger partial charge on any atom is -0.369 e. The number of primary amides is 1. The van der Waals surface area contributed by atoms with Crippen molar-refractivity contribution >= 4 is 11.7 Å². The number of carbonyl (C=O) groups excluding carboxylic acids is 2. The Morgan fingerprint density at radius 1 is 1.14 bits per heavy atom. The molecule has 0 bridgehead atoms. The Morgan fingerprint density at radius 3 is 2.07 bits per heavy atom. The fourth-order valence-electron chi connectivity index (χ4n) is 1.36. The third kappa shape index (κ3) is 3.01. The summed E-state index contributed by atoms with van der Waals surface area (Å²) in [6.45, 7) is 1.53. The predicted molar refractivity (Wildman–Crippen MR) is 53.7 cm³/mol. The first kappa shape index (κ1) is 10.4. The molecule has 2 N–H and O–H groups in total. The average Bonchev–Trinajstić information content (AvgIpc) is 2.06. The van der Waals surface area contributed by atoms with Crippen molar-refractivity contribution in [2.45, 2.75) is 19.8 Å². The van der Waals surface area contributed by atoms with E-state index in [-0.39, 0.29) is 18.1 Å². The normalized spacial score (nSPS) is 9.79. The van der Waals surface area contributed by atoms with Crippen LogP contribution in [0, 0.1) is 0 Å². The number of nitrogens with two attached hydrogens (primary N) is 1. The van der Waals surface area contributed by atoms with Gasteiger partial charge in [-0.1, -0.05) is 24.3 Å². The molecule has 0 saturated carbocycles. The lowest BCUT2D eigenvalue weighted by molar-refractivity contribution is -0.118. The van der Waals surface area contributed by atoms with Crippen molar-refractivity contribution in [3.8, 4) is 0 Å². The van der Waals surface area contributed by atoms with Crippen LogP contribution in [0.2, 0.25) is 0 Å².